The molecule has 0 saturated heterocycles. The maximum absolute atomic E-state index is 6.73. The number of fused-ring (bicyclic) bond motifs is 6. The van der Waals surface area contributed by atoms with Gasteiger partial charge in [-0.2, -0.15) is 0 Å². The van der Waals surface area contributed by atoms with E-state index in [4.69, 9.17) is 4.42 Å². The second-order valence-electron chi connectivity index (χ2n) is 12.9. The number of rotatable bonds is 6. The predicted octanol–water partition coefficient (Wildman–Crippen LogP) is 13.5. The quantitative estimate of drug-likeness (QED) is 0.178. The monoisotopic (exact) mass is 652 g/mol. The first-order valence-electron chi connectivity index (χ1n) is 17.4. The lowest BCUT2D eigenvalue weighted by molar-refractivity contribution is 0.669. The van der Waals surface area contributed by atoms with Crippen molar-refractivity contribution in [1.82, 2.24) is 4.57 Å². The Balaban J connectivity index is 1.28. The van der Waals surface area contributed by atoms with Crippen LogP contribution in [0.4, 0.5) is 17.1 Å². The predicted molar refractivity (Wildman–Crippen MR) is 214 cm³/mol. The smallest absolute Gasteiger partial charge is 0.159 e. The summed E-state index contributed by atoms with van der Waals surface area (Å²) in [5.41, 5.74) is 12.9. The molecule has 0 unspecified atom stereocenters. The molecule has 10 aromatic rings. The molecule has 240 valence electrons. The highest BCUT2D eigenvalue weighted by Crippen LogP contribution is 2.49. The van der Waals surface area contributed by atoms with Crippen LogP contribution in [0.2, 0.25) is 0 Å². The molecule has 0 N–H and O–H groups in total. The number of benzene rings is 8. The minimum atomic E-state index is 0.854. The molecule has 0 atom stereocenters. The van der Waals surface area contributed by atoms with Gasteiger partial charge in [-0.15, -0.1) is 0 Å². The maximum Gasteiger partial charge on any atom is 0.159 e. The van der Waals surface area contributed by atoms with Gasteiger partial charge in [-0.3, -0.25) is 0 Å². The Morgan fingerprint density at radius 2 is 0.863 bits per heavy atom. The fourth-order valence-electron chi connectivity index (χ4n) is 7.80. The Morgan fingerprint density at radius 3 is 1.61 bits per heavy atom. The zero-order chi connectivity index (χ0) is 33.7. The molecule has 0 amide bonds. The van der Waals surface area contributed by atoms with Gasteiger partial charge in [0, 0.05) is 38.2 Å². The van der Waals surface area contributed by atoms with E-state index < -0.39 is 0 Å². The van der Waals surface area contributed by atoms with E-state index in [0.29, 0.717) is 0 Å². The van der Waals surface area contributed by atoms with Gasteiger partial charge in [0.25, 0.3) is 0 Å². The number of anilines is 3. The van der Waals surface area contributed by atoms with Crippen LogP contribution in [0.5, 0.6) is 0 Å². The number of hydrogen-bond donors (Lipinski definition) is 0. The summed E-state index contributed by atoms with van der Waals surface area (Å²) in [5.74, 6) is 0. The molecule has 0 spiro atoms. The van der Waals surface area contributed by atoms with Crippen molar-refractivity contribution in [2.75, 3.05) is 4.90 Å². The van der Waals surface area contributed by atoms with Gasteiger partial charge in [0.2, 0.25) is 0 Å². The molecular weight excluding hydrogens is 621 g/mol. The zero-order valence-electron chi connectivity index (χ0n) is 27.8. The summed E-state index contributed by atoms with van der Waals surface area (Å²) >= 11 is 0. The molecule has 0 saturated carbocycles. The highest BCUT2D eigenvalue weighted by atomic mass is 16.3. The first-order chi connectivity index (χ1) is 25.3. The van der Waals surface area contributed by atoms with E-state index in [9.17, 15) is 0 Å². The summed E-state index contributed by atoms with van der Waals surface area (Å²) in [6.07, 6.45) is 0. The molecule has 0 aliphatic carbocycles. The van der Waals surface area contributed by atoms with Gasteiger partial charge in [-0.1, -0.05) is 152 Å². The van der Waals surface area contributed by atoms with E-state index in [1.54, 1.807) is 0 Å². The van der Waals surface area contributed by atoms with Gasteiger partial charge < -0.3 is 13.9 Å². The summed E-state index contributed by atoms with van der Waals surface area (Å²) in [6.45, 7) is 0. The Bertz CT molecular complexity index is 2830. The summed E-state index contributed by atoms with van der Waals surface area (Å²) in [7, 11) is 0. The molecule has 8 aromatic carbocycles. The van der Waals surface area contributed by atoms with Crippen LogP contribution in [0.3, 0.4) is 0 Å². The normalized spacial score (nSPS) is 11.5. The van der Waals surface area contributed by atoms with Crippen molar-refractivity contribution in [2.45, 2.75) is 0 Å². The summed E-state index contributed by atoms with van der Waals surface area (Å²) in [5, 5.41) is 4.68. The van der Waals surface area contributed by atoms with Gasteiger partial charge in [-0.05, 0) is 48.0 Å². The van der Waals surface area contributed by atoms with Crippen LogP contribution in [-0.2, 0) is 0 Å². The second-order valence-corrected chi connectivity index (χ2v) is 12.9. The molecule has 0 fully saturated rings. The highest BCUT2D eigenvalue weighted by Gasteiger charge is 2.25. The third kappa shape index (κ3) is 4.67. The molecule has 2 aromatic heterocycles. The van der Waals surface area contributed by atoms with Crippen LogP contribution in [0.1, 0.15) is 0 Å². The minimum absolute atomic E-state index is 0.854. The molecule has 0 radical (unpaired) electrons. The average molecular weight is 653 g/mol. The van der Waals surface area contributed by atoms with E-state index >= 15 is 0 Å². The van der Waals surface area contributed by atoms with E-state index in [0.717, 1.165) is 66.9 Å². The molecule has 2 heterocycles. The van der Waals surface area contributed by atoms with Crippen molar-refractivity contribution in [3.05, 3.63) is 194 Å². The Kier molecular flexibility index (Phi) is 6.81. The molecule has 3 nitrogen and oxygen atoms in total. The number of aromatic nitrogens is 1. The van der Waals surface area contributed by atoms with E-state index in [1.165, 1.54) is 21.8 Å². The van der Waals surface area contributed by atoms with Crippen LogP contribution in [0.25, 0.3) is 71.7 Å². The van der Waals surface area contributed by atoms with Crippen LogP contribution in [0, 0.1) is 0 Å². The Hall–Kier alpha value is -6.84. The van der Waals surface area contributed by atoms with E-state index in [1.807, 2.05) is 6.07 Å². The number of para-hydroxylation sites is 7. The molecule has 0 bridgehead atoms. The Labute approximate surface area is 295 Å². The van der Waals surface area contributed by atoms with Gasteiger partial charge >= 0.3 is 0 Å². The average Bonchev–Trinajstić information content (AvgIpc) is 3.75. The summed E-state index contributed by atoms with van der Waals surface area (Å²) in [6, 6.07) is 69.1. The Morgan fingerprint density at radius 1 is 0.353 bits per heavy atom. The van der Waals surface area contributed by atoms with Gasteiger partial charge in [0.05, 0.1) is 33.8 Å². The molecule has 0 aliphatic heterocycles. The maximum atomic E-state index is 6.73. The lowest BCUT2D eigenvalue weighted by Crippen LogP contribution is -2.13. The third-order valence-electron chi connectivity index (χ3n) is 10.0. The van der Waals surface area contributed by atoms with Crippen LogP contribution in [-0.4, -0.2) is 4.57 Å². The topological polar surface area (TPSA) is 21.3 Å². The van der Waals surface area contributed by atoms with Crippen molar-refractivity contribution in [3.63, 3.8) is 0 Å². The van der Waals surface area contributed by atoms with Gasteiger partial charge in [-0.25, -0.2) is 0 Å². The minimum Gasteiger partial charge on any atom is -0.454 e. The zero-order valence-corrected chi connectivity index (χ0v) is 27.8. The van der Waals surface area contributed by atoms with Crippen LogP contribution >= 0.6 is 0 Å². The fourth-order valence-corrected chi connectivity index (χ4v) is 7.80. The van der Waals surface area contributed by atoms with Crippen molar-refractivity contribution >= 4 is 60.8 Å². The molecule has 10 rings (SSSR count). The molecular formula is C48H32N2O. The molecule has 0 aliphatic rings. The van der Waals surface area contributed by atoms with Crippen LogP contribution < -0.4 is 4.90 Å². The second kappa shape index (κ2) is 11.9. The fraction of sp³-hybridized carbons (Fsp3) is 0. The first-order valence-corrected chi connectivity index (χ1v) is 17.4. The number of hydrogen-bond acceptors (Lipinski definition) is 2. The lowest BCUT2D eigenvalue weighted by atomic mass is 9.97. The SMILES string of the molecule is c1ccc(-c2ccccc2N(c2ccccc2-c2ccccc2-n2c3ccccc3c3ccccc32)c2cccc3c2oc2ccccc23)cc1. The molecule has 3 heteroatoms. The van der Waals surface area contributed by atoms with Crippen molar-refractivity contribution in [2.24, 2.45) is 0 Å². The third-order valence-corrected chi connectivity index (χ3v) is 10.0. The summed E-state index contributed by atoms with van der Waals surface area (Å²) < 4.78 is 9.15. The van der Waals surface area contributed by atoms with Gasteiger partial charge in [0.1, 0.15) is 5.58 Å². The summed E-state index contributed by atoms with van der Waals surface area (Å²) in [4.78, 5) is 2.39. The van der Waals surface area contributed by atoms with Crippen molar-refractivity contribution in [3.8, 4) is 27.9 Å². The number of nitrogens with zero attached hydrogens (tertiary/aromatic N) is 2. The largest absolute Gasteiger partial charge is 0.454 e. The van der Waals surface area contributed by atoms with E-state index in [-0.39, 0.29) is 0 Å². The van der Waals surface area contributed by atoms with Gasteiger partial charge in [0.15, 0.2) is 5.58 Å². The first kappa shape index (κ1) is 29.1. The lowest BCUT2D eigenvalue weighted by Gasteiger charge is -2.30. The number of furan rings is 1. The molecule has 51 heavy (non-hydrogen) atoms. The van der Waals surface area contributed by atoms with E-state index in [2.05, 4.69) is 198 Å². The standard InChI is InChI=1S/C48H32N2O/c1-2-17-33(18-3-1)34-19-4-10-26-41(34)50(46-31-16-25-40-39-24-9-15-32-47(39)51-48(40)46)45-30-14-8-23-38(45)37-22-7-13-29-44(37)49-42-27-11-5-20-35(42)36-21-6-12-28-43(36)49/h1-32H. The highest BCUT2D eigenvalue weighted by molar-refractivity contribution is 6.12. The van der Waals surface area contributed by atoms with Crippen molar-refractivity contribution in [1.29, 1.82) is 0 Å². The van der Waals surface area contributed by atoms with Crippen molar-refractivity contribution < 1.29 is 4.42 Å². The van der Waals surface area contributed by atoms with Crippen LogP contribution in [0.15, 0.2) is 199 Å².